The molecule has 0 fully saturated rings. The smallest absolute Gasteiger partial charge is 0.285 e. The van der Waals surface area contributed by atoms with E-state index in [-0.39, 0.29) is 12.2 Å². The molecule has 0 amide bonds. The summed E-state index contributed by atoms with van der Waals surface area (Å²) in [4.78, 5) is 8.68. The van der Waals surface area contributed by atoms with Gasteiger partial charge in [-0.2, -0.15) is 4.99 Å². The first-order chi connectivity index (χ1) is 12.6. The van der Waals surface area contributed by atoms with Crippen molar-refractivity contribution in [3.63, 3.8) is 0 Å². The van der Waals surface area contributed by atoms with Crippen LogP contribution in [0.15, 0.2) is 65.4 Å². The molecule has 0 saturated carbocycles. The van der Waals surface area contributed by atoms with Crippen LogP contribution in [0.1, 0.15) is 18.1 Å². The zero-order valence-corrected chi connectivity index (χ0v) is 14.9. The molecule has 2 aromatic rings. The molecule has 6 heteroatoms. The van der Waals surface area contributed by atoms with Crippen LogP contribution in [-0.2, 0) is 6.61 Å². The molecular weight excluding hydrogens is 353 g/mol. The molecule has 4 nitrogen and oxygen atoms in total. The topological polar surface area (TPSA) is 41.7 Å². The fraction of sp³-hybridized carbons (Fsp3) is 0.150. The van der Waals surface area contributed by atoms with Crippen molar-refractivity contribution >= 4 is 28.8 Å². The molecule has 2 aliphatic heterocycles. The van der Waals surface area contributed by atoms with Gasteiger partial charge in [0.25, 0.3) is 5.84 Å². The van der Waals surface area contributed by atoms with Crippen LogP contribution < -0.4 is 9.80 Å². The van der Waals surface area contributed by atoms with Crippen molar-refractivity contribution in [2.75, 3.05) is 11.6 Å². The summed E-state index contributed by atoms with van der Waals surface area (Å²) in [5, 5.41) is 10.2. The van der Waals surface area contributed by atoms with Crippen molar-refractivity contribution in [3.8, 4) is 0 Å². The van der Waals surface area contributed by atoms with Crippen LogP contribution in [0.25, 0.3) is 5.70 Å². The first-order valence-electron chi connectivity index (χ1n) is 8.24. The number of rotatable bonds is 3. The molecule has 2 heterocycles. The summed E-state index contributed by atoms with van der Waals surface area (Å²) >= 11 is 6.11. The second-order valence-electron chi connectivity index (χ2n) is 6.16. The van der Waals surface area contributed by atoms with Crippen molar-refractivity contribution in [1.82, 2.24) is 4.90 Å². The number of anilines is 1. The van der Waals surface area contributed by atoms with Crippen LogP contribution in [0.4, 0.5) is 10.1 Å². The Balaban J connectivity index is 1.69. The standard InChI is InChI=1S/C20H17ClFN3O/c1-13-20(14-4-2-5-15(21)10-14)23-19-8-9-24(12-25(13)19)18-7-3-6-17(22)16(18)11-26/h2-10,26H,11-12H2,1H3/q+1. The molecule has 131 valence electrons. The Hall–Kier alpha value is -2.47. The molecule has 1 N–H and O–H groups in total. The maximum absolute atomic E-state index is 14.0. The number of aliphatic hydroxyl groups excluding tert-OH is 1. The number of aliphatic hydroxyl groups is 1. The monoisotopic (exact) mass is 369 g/mol. The zero-order valence-electron chi connectivity index (χ0n) is 14.2. The summed E-state index contributed by atoms with van der Waals surface area (Å²) in [7, 11) is 0. The first kappa shape index (κ1) is 17.0. The second-order valence-corrected chi connectivity index (χ2v) is 6.60. The summed E-state index contributed by atoms with van der Waals surface area (Å²) < 4.78 is 14.0. The fourth-order valence-electron chi connectivity index (χ4n) is 3.26. The van der Waals surface area contributed by atoms with Gasteiger partial charge in [0.2, 0.25) is 6.67 Å². The average Bonchev–Trinajstić information content (AvgIpc) is 2.98. The van der Waals surface area contributed by atoms with Crippen LogP contribution in [0.3, 0.4) is 0 Å². The molecular formula is C20H17ClFN3O+. The number of hydrogen-bond acceptors (Lipinski definition) is 4. The summed E-state index contributed by atoms with van der Waals surface area (Å²) in [5.41, 5.74) is 3.76. The lowest BCUT2D eigenvalue weighted by atomic mass is 10.1. The van der Waals surface area contributed by atoms with E-state index in [0.717, 1.165) is 22.8 Å². The number of nitrogens with zero attached hydrogens (tertiary/aromatic N) is 3. The second kappa shape index (κ2) is 6.68. The van der Waals surface area contributed by atoms with Gasteiger partial charge in [0.15, 0.2) is 5.70 Å². The Morgan fingerprint density at radius 3 is 2.85 bits per heavy atom. The van der Waals surface area contributed by atoms with Crippen LogP contribution in [-0.4, -0.2) is 17.6 Å². The summed E-state index contributed by atoms with van der Waals surface area (Å²) in [5.74, 6) is 0.418. The maximum Gasteiger partial charge on any atom is 0.285 e. The van der Waals surface area contributed by atoms with Gasteiger partial charge in [0, 0.05) is 35.3 Å². The maximum atomic E-state index is 14.0. The molecule has 0 saturated heterocycles. The Kier molecular flexibility index (Phi) is 4.36. The number of hydrogen-bond donors (Lipinski definition) is 1. The highest BCUT2D eigenvalue weighted by Gasteiger charge is 2.39. The molecule has 0 unspecified atom stereocenters. The number of amidine groups is 1. The van der Waals surface area contributed by atoms with Gasteiger partial charge < -0.3 is 5.11 Å². The van der Waals surface area contributed by atoms with Crippen LogP contribution in [0.5, 0.6) is 0 Å². The SMILES string of the molecule is CC1=C(c2cccc(Cl)c2)N=C2C=CN(c3cccc(F)c3CO)C[N+]21. The number of fused-ring (bicyclic) bond motifs is 1. The predicted octanol–water partition coefficient (Wildman–Crippen LogP) is 4.20. The number of aliphatic imine (C=N–C) groups is 1. The predicted molar refractivity (Wildman–Crippen MR) is 102 cm³/mol. The molecule has 0 aliphatic carbocycles. The van der Waals surface area contributed by atoms with Crippen molar-refractivity contribution in [1.29, 1.82) is 0 Å². The Labute approximate surface area is 156 Å². The van der Waals surface area contributed by atoms with Crippen molar-refractivity contribution < 1.29 is 9.50 Å². The van der Waals surface area contributed by atoms with E-state index in [1.165, 1.54) is 6.07 Å². The van der Waals surface area contributed by atoms with E-state index in [9.17, 15) is 9.50 Å². The quantitative estimate of drug-likeness (QED) is 0.824. The third kappa shape index (κ3) is 2.84. The number of benzene rings is 2. The molecule has 26 heavy (non-hydrogen) atoms. The van der Waals surface area contributed by atoms with Gasteiger partial charge in [-0.1, -0.05) is 34.7 Å². The van der Waals surface area contributed by atoms with Crippen molar-refractivity contribution in [2.45, 2.75) is 13.5 Å². The lowest BCUT2D eigenvalue weighted by Crippen LogP contribution is -2.44. The lowest BCUT2D eigenvalue weighted by Gasteiger charge is -2.25. The van der Waals surface area contributed by atoms with Gasteiger partial charge in [-0.15, -0.1) is 0 Å². The molecule has 2 aromatic carbocycles. The van der Waals surface area contributed by atoms with E-state index >= 15 is 0 Å². The Morgan fingerprint density at radius 1 is 1.27 bits per heavy atom. The van der Waals surface area contributed by atoms with E-state index in [4.69, 9.17) is 16.6 Å². The highest BCUT2D eigenvalue weighted by molar-refractivity contribution is 6.30. The van der Waals surface area contributed by atoms with Gasteiger partial charge in [0.05, 0.1) is 12.3 Å². The molecule has 0 atom stereocenters. The Morgan fingerprint density at radius 2 is 2.08 bits per heavy atom. The van der Waals surface area contributed by atoms with Gasteiger partial charge in [-0.05, 0) is 24.3 Å². The summed E-state index contributed by atoms with van der Waals surface area (Å²) in [6.45, 7) is 2.14. The molecule has 4 rings (SSSR count). The normalized spacial score (nSPS) is 16.9. The highest BCUT2D eigenvalue weighted by Crippen LogP contribution is 2.32. The van der Waals surface area contributed by atoms with Gasteiger partial charge >= 0.3 is 0 Å². The van der Waals surface area contributed by atoms with E-state index in [1.807, 2.05) is 48.4 Å². The molecule has 0 bridgehead atoms. The fourth-order valence-corrected chi connectivity index (χ4v) is 3.45. The van der Waals surface area contributed by atoms with E-state index in [0.29, 0.717) is 17.4 Å². The molecule has 0 spiro atoms. The summed E-state index contributed by atoms with van der Waals surface area (Å²) in [6, 6.07) is 12.4. The van der Waals surface area contributed by atoms with Gasteiger partial charge in [-0.3, -0.25) is 4.90 Å². The Bertz CT molecular complexity index is 967. The number of allylic oxidation sites excluding steroid dienone is 1. The minimum absolute atomic E-state index is 0.286. The molecule has 1 radical (unpaired) electrons. The highest BCUT2D eigenvalue weighted by atomic mass is 35.5. The van der Waals surface area contributed by atoms with Crippen LogP contribution in [0.2, 0.25) is 5.02 Å². The van der Waals surface area contributed by atoms with Gasteiger partial charge in [-0.25, -0.2) is 4.39 Å². The minimum Gasteiger partial charge on any atom is -0.391 e. The third-order valence-corrected chi connectivity index (χ3v) is 4.84. The van der Waals surface area contributed by atoms with Crippen molar-refractivity contribution in [3.05, 3.63) is 82.4 Å². The largest absolute Gasteiger partial charge is 0.391 e. The number of halogens is 2. The summed E-state index contributed by atoms with van der Waals surface area (Å²) in [6.07, 6.45) is 3.74. The molecule has 0 aromatic heterocycles. The van der Waals surface area contributed by atoms with E-state index in [2.05, 4.69) is 4.90 Å². The van der Waals surface area contributed by atoms with E-state index < -0.39 is 5.82 Å². The lowest BCUT2D eigenvalue weighted by molar-refractivity contribution is 0.276. The first-order valence-corrected chi connectivity index (χ1v) is 8.62. The van der Waals surface area contributed by atoms with Crippen LogP contribution >= 0.6 is 11.6 Å². The minimum atomic E-state index is -0.411. The zero-order chi connectivity index (χ0) is 18.3. The average molecular weight is 370 g/mol. The molecule has 2 aliphatic rings. The van der Waals surface area contributed by atoms with Crippen LogP contribution in [0, 0.1) is 5.82 Å². The third-order valence-electron chi connectivity index (χ3n) is 4.61. The van der Waals surface area contributed by atoms with Gasteiger partial charge in [0.1, 0.15) is 11.5 Å². The van der Waals surface area contributed by atoms with Crippen molar-refractivity contribution in [2.24, 2.45) is 4.99 Å². The van der Waals surface area contributed by atoms with E-state index in [1.54, 1.807) is 12.1 Å².